The monoisotopic (exact) mass is 379 g/mol. The molecule has 1 aliphatic heterocycles. The van der Waals surface area contributed by atoms with Crippen LogP contribution in [0.5, 0.6) is 0 Å². The molecule has 3 saturated carbocycles. The third kappa shape index (κ3) is 1.89. The molecule has 0 aromatic carbocycles. The van der Waals surface area contributed by atoms with Gasteiger partial charge in [-0.1, -0.05) is 19.1 Å². The molecule has 0 radical (unpaired) electrons. The van der Waals surface area contributed by atoms with E-state index in [1.165, 1.54) is 31.3 Å². The molecule has 3 nitrogen and oxygen atoms in total. The highest BCUT2D eigenvalue weighted by molar-refractivity contribution is 5.73. The lowest BCUT2D eigenvalue weighted by atomic mass is 9.46. The van der Waals surface area contributed by atoms with Crippen molar-refractivity contribution in [3.63, 3.8) is 0 Å². The molecule has 28 heavy (non-hydrogen) atoms. The number of hydrogen-bond acceptors (Lipinski definition) is 3. The van der Waals surface area contributed by atoms with Crippen LogP contribution in [0, 0.1) is 46.8 Å². The molecule has 1 spiro atoms. The fourth-order valence-corrected chi connectivity index (χ4v) is 9.11. The van der Waals surface area contributed by atoms with Gasteiger partial charge < -0.3 is 10.5 Å². The summed E-state index contributed by atoms with van der Waals surface area (Å²) >= 11 is 0. The molecule has 9 atom stereocenters. The number of nitrogens with two attached hydrogens (primary N) is 1. The number of ether oxygens (including phenoxy) is 1. The van der Waals surface area contributed by atoms with E-state index in [1.807, 2.05) is 0 Å². The average Bonchev–Trinajstić information content (AvgIpc) is 3.34. The van der Waals surface area contributed by atoms with E-state index in [1.54, 1.807) is 0 Å². The number of carbonyl (C=O) groups excluding carboxylic acids is 1. The number of hydrogen-bond donors (Lipinski definition) is 1. The standard InChI is InChI=1S/C25H33NO2/c1-3-14-11-15-12-16(26)5-6-17(15)18-7-9-24(4-2)23(22(14)18)19-13-20(19)25(24)10-8-21(27)28-25/h3,11-12,14,17-20,22-23H,1,4-10,13,26H2,2H3/t14?,17-,18?,19?,20?,22?,23?,24-,25-/m0/s1. The molecule has 150 valence electrons. The van der Waals surface area contributed by atoms with E-state index in [0.717, 1.165) is 36.8 Å². The number of esters is 1. The van der Waals surface area contributed by atoms with E-state index >= 15 is 0 Å². The Labute approximate surface area is 168 Å². The summed E-state index contributed by atoms with van der Waals surface area (Å²) in [6.45, 7) is 6.62. The summed E-state index contributed by atoms with van der Waals surface area (Å²) in [6, 6.07) is 0. The maximum Gasteiger partial charge on any atom is 0.306 e. The zero-order valence-corrected chi connectivity index (χ0v) is 17.0. The third-order valence-corrected chi connectivity index (χ3v) is 9.98. The minimum atomic E-state index is -0.147. The first kappa shape index (κ1) is 17.4. The minimum Gasteiger partial charge on any atom is -0.458 e. The predicted molar refractivity (Wildman–Crippen MR) is 109 cm³/mol. The van der Waals surface area contributed by atoms with Crippen molar-refractivity contribution in [3.05, 3.63) is 36.1 Å². The van der Waals surface area contributed by atoms with E-state index in [0.29, 0.717) is 36.0 Å². The van der Waals surface area contributed by atoms with Crippen LogP contribution in [0.4, 0.5) is 0 Å². The zero-order chi connectivity index (χ0) is 19.3. The maximum atomic E-state index is 12.3. The first-order chi connectivity index (χ1) is 13.5. The van der Waals surface area contributed by atoms with Crippen LogP contribution in [-0.4, -0.2) is 11.6 Å². The van der Waals surface area contributed by atoms with Crippen molar-refractivity contribution in [3.8, 4) is 0 Å². The molecule has 6 unspecified atom stereocenters. The number of rotatable bonds is 2. The van der Waals surface area contributed by atoms with Crippen LogP contribution in [0.2, 0.25) is 0 Å². The van der Waals surface area contributed by atoms with Crippen molar-refractivity contribution in [1.29, 1.82) is 0 Å². The van der Waals surface area contributed by atoms with Gasteiger partial charge in [0.05, 0.1) is 0 Å². The summed E-state index contributed by atoms with van der Waals surface area (Å²) in [5, 5.41) is 0. The molecule has 1 heterocycles. The average molecular weight is 380 g/mol. The first-order valence-corrected chi connectivity index (χ1v) is 11.6. The predicted octanol–water partition coefficient (Wildman–Crippen LogP) is 4.75. The molecule has 6 aliphatic rings. The van der Waals surface area contributed by atoms with Gasteiger partial charge in [0.2, 0.25) is 0 Å². The van der Waals surface area contributed by atoms with Gasteiger partial charge in [-0.05, 0) is 92.1 Å². The second-order valence-corrected chi connectivity index (χ2v) is 10.5. The highest BCUT2D eigenvalue weighted by atomic mass is 16.6. The van der Waals surface area contributed by atoms with Gasteiger partial charge in [0.1, 0.15) is 5.60 Å². The van der Waals surface area contributed by atoms with Crippen molar-refractivity contribution in [1.82, 2.24) is 0 Å². The van der Waals surface area contributed by atoms with E-state index < -0.39 is 0 Å². The normalized spacial score (nSPS) is 53.3. The molecule has 3 heteroatoms. The van der Waals surface area contributed by atoms with Crippen LogP contribution in [0.15, 0.2) is 36.1 Å². The Morgan fingerprint density at radius 1 is 1.29 bits per heavy atom. The van der Waals surface area contributed by atoms with Crippen molar-refractivity contribution in [2.45, 2.75) is 63.9 Å². The van der Waals surface area contributed by atoms with Gasteiger partial charge in [-0.2, -0.15) is 0 Å². The number of allylic oxidation sites excluding steroid dienone is 5. The Morgan fingerprint density at radius 3 is 2.86 bits per heavy atom. The Kier molecular flexibility index (Phi) is 3.44. The van der Waals surface area contributed by atoms with Crippen LogP contribution in [-0.2, 0) is 9.53 Å². The van der Waals surface area contributed by atoms with E-state index in [-0.39, 0.29) is 17.0 Å². The molecule has 0 bridgehead atoms. The van der Waals surface area contributed by atoms with Crippen LogP contribution >= 0.6 is 0 Å². The van der Waals surface area contributed by atoms with Gasteiger partial charge in [-0.3, -0.25) is 4.79 Å². The molecular weight excluding hydrogens is 346 g/mol. The molecule has 2 N–H and O–H groups in total. The summed E-state index contributed by atoms with van der Waals surface area (Å²) in [6.07, 6.45) is 15.8. The highest BCUT2D eigenvalue weighted by Gasteiger charge is 2.79. The van der Waals surface area contributed by atoms with Crippen LogP contribution in [0.3, 0.4) is 0 Å². The summed E-state index contributed by atoms with van der Waals surface area (Å²) in [4.78, 5) is 12.3. The fourth-order valence-electron chi connectivity index (χ4n) is 9.11. The second kappa shape index (κ2) is 5.55. The Hall–Kier alpha value is -1.51. The Morgan fingerprint density at radius 2 is 2.14 bits per heavy atom. The van der Waals surface area contributed by atoms with Gasteiger partial charge in [0.25, 0.3) is 0 Å². The van der Waals surface area contributed by atoms with Gasteiger partial charge in [-0.25, -0.2) is 0 Å². The Bertz CT molecular complexity index is 811. The number of fused-ring (bicyclic) bond motifs is 9. The molecular formula is C25H33NO2. The van der Waals surface area contributed by atoms with Crippen molar-refractivity contribution >= 4 is 5.97 Å². The summed E-state index contributed by atoms with van der Waals surface area (Å²) in [5.41, 5.74) is 8.76. The highest BCUT2D eigenvalue weighted by Crippen LogP contribution is 2.79. The smallest absolute Gasteiger partial charge is 0.306 e. The van der Waals surface area contributed by atoms with Gasteiger partial charge in [0, 0.05) is 23.5 Å². The molecule has 4 fully saturated rings. The fraction of sp³-hybridized carbons (Fsp3) is 0.720. The third-order valence-electron chi connectivity index (χ3n) is 9.98. The van der Waals surface area contributed by atoms with Crippen LogP contribution < -0.4 is 5.73 Å². The molecule has 1 saturated heterocycles. The maximum absolute atomic E-state index is 12.3. The van der Waals surface area contributed by atoms with Gasteiger partial charge >= 0.3 is 5.97 Å². The molecule has 5 aliphatic carbocycles. The lowest BCUT2D eigenvalue weighted by molar-refractivity contribution is -0.179. The number of carbonyl (C=O) groups is 1. The summed E-state index contributed by atoms with van der Waals surface area (Å²) in [7, 11) is 0. The van der Waals surface area contributed by atoms with E-state index in [2.05, 4.69) is 31.7 Å². The lowest BCUT2D eigenvalue weighted by Gasteiger charge is -2.59. The van der Waals surface area contributed by atoms with Gasteiger partial charge in [0.15, 0.2) is 0 Å². The van der Waals surface area contributed by atoms with Crippen LogP contribution in [0.1, 0.15) is 58.3 Å². The molecule has 0 amide bonds. The Balaban J connectivity index is 1.46. The molecule has 0 aromatic rings. The van der Waals surface area contributed by atoms with E-state index in [4.69, 9.17) is 10.5 Å². The minimum absolute atomic E-state index is 0.0558. The SMILES string of the molecule is C=CC1C=C2C=C(N)CC[C@@H]2C2CC[C@@]3(CC)C(C4CC4[C@@]34CCC(=O)O4)C12. The topological polar surface area (TPSA) is 52.3 Å². The first-order valence-electron chi connectivity index (χ1n) is 11.6. The molecule has 6 rings (SSSR count). The van der Waals surface area contributed by atoms with Crippen molar-refractivity contribution < 1.29 is 9.53 Å². The quantitative estimate of drug-likeness (QED) is 0.557. The summed E-state index contributed by atoms with van der Waals surface area (Å²) in [5.74, 6) is 4.65. The van der Waals surface area contributed by atoms with E-state index in [9.17, 15) is 4.79 Å². The largest absolute Gasteiger partial charge is 0.458 e. The van der Waals surface area contributed by atoms with Crippen molar-refractivity contribution in [2.75, 3.05) is 0 Å². The summed E-state index contributed by atoms with van der Waals surface area (Å²) < 4.78 is 6.29. The molecule has 0 aromatic heterocycles. The lowest BCUT2D eigenvalue weighted by Crippen LogP contribution is -2.57. The van der Waals surface area contributed by atoms with Gasteiger partial charge in [-0.15, -0.1) is 6.58 Å². The second-order valence-electron chi connectivity index (χ2n) is 10.5. The van der Waals surface area contributed by atoms with Crippen molar-refractivity contribution in [2.24, 2.45) is 52.6 Å². The van der Waals surface area contributed by atoms with Crippen LogP contribution in [0.25, 0.3) is 0 Å². The zero-order valence-electron chi connectivity index (χ0n) is 17.0.